The summed E-state index contributed by atoms with van der Waals surface area (Å²) in [5, 5.41) is 0. The maximum atomic E-state index is 12.1. The summed E-state index contributed by atoms with van der Waals surface area (Å²) in [4.78, 5) is 13.6. The standard InChI is InChI=1S/C13H16N2O2S/c1-13(2,3)18(17)14-11-9-7-5-6-8-10(9)15(4)12(11)16/h5-8H,1-4H3/b14-11-. The molecular weight excluding hydrogens is 248 g/mol. The Hall–Kier alpha value is -1.49. The first-order valence-corrected chi connectivity index (χ1v) is 6.81. The minimum atomic E-state index is -1.43. The minimum absolute atomic E-state index is 0.200. The molecule has 0 bridgehead atoms. The highest BCUT2D eigenvalue weighted by atomic mass is 32.2. The van der Waals surface area contributed by atoms with Gasteiger partial charge in [-0.3, -0.25) is 4.79 Å². The molecule has 1 aromatic carbocycles. The van der Waals surface area contributed by atoms with E-state index in [0.29, 0.717) is 5.71 Å². The largest absolute Gasteiger partial charge is 0.309 e. The molecule has 1 atom stereocenters. The molecule has 0 radical (unpaired) electrons. The number of benzene rings is 1. The number of nitrogens with zero attached hydrogens (tertiary/aromatic N) is 2. The van der Waals surface area contributed by atoms with Crippen molar-refractivity contribution in [2.75, 3.05) is 11.9 Å². The van der Waals surface area contributed by atoms with Gasteiger partial charge in [0.1, 0.15) is 16.7 Å². The number of anilines is 1. The number of likely N-dealkylation sites (N-methyl/N-ethyl adjacent to an activating group) is 1. The summed E-state index contributed by atoms with van der Waals surface area (Å²) in [6.45, 7) is 5.51. The lowest BCUT2D eigenvalue weighted by Crippen LogP contribution is -2.27. The summed E-state index contributed by atoms with van der Waals surface area (Å²) in [6, 6.07) is 7.40. The lowest BCUT2D eigenvalue weighted by atomic mass is 10.1. The second-order valence-electron chi connectivity index (χ2n) is 5.18. The van der Waals surface area contributed by atoms with Crippen LogP contribution in [0, 0.1) is 0 Å². The van der Waals surface area contributed by atoms with E-state index in [4.69, 9.17) is 0 Å². The molecule has 0 spiro atoms. The van der Waals surface area contributed by atoms with E-state index in [1.54, 1.807) is 7.05 Å². The number of hydrogen-bond acceptors (Lipinski definition) is 2. The van der Waals surface area contributed by atoms with Crippen LogP contribution in [0.2, 0.25) is 0 Å². The Kier molecular flexibility index (Phi) is 3.11. The molecule has 1 aromatic rings. The van der Waals surface area contributed by atoms with Crippen LogP contribution in [0.4, 0.5) is 5.69 Å². The van der Waals surface area contributed by atoms with E-state index in [1.165, 1.54) is 4.90 Å². The Morgan fingerprint density at radius 3 is 2.44 bits per heavy atom. The van der Waals surface area contributed by atoms with Gasteiger partial charge in [0.15, 0.2) is 0 Å². The molecule has 1 aliphatic heterocycles. The zero-order chi connectivity index (χ0) is 13.5. The highest BCUT2D eigenvalue weighted by Gasteiger charge is 2.32. The first-order chi connectivity index (χ1) is 8.32. The van der Waals surface area contributed by atoms with E-state index in [9.17, 15) is 9.00 Å². The van der Waals surface area contributed by atoms with Crippen LogP contribution in [0.3, 0.4) is 0 Å². The molecule has 1 heterocycles. The Balaban J connectivity index is 2.50. The van der Waals surface area contributed by atoms with Gasteiger partial charge in [-0.1, -0.05) is 18.2 Å². The summed E-state index contributed by atoms with van der Waals surface area (Å²) >= 11 is 0. The van der Waals surface area contributed by atoms with E-state index in [2.05, 4.69) is 4.40 Å². The quantitative estimate of drug-likeness (QED) is 0.778. The number of carbonyl (C=O) groups excluding carboxylic acids is 1. The van der Waals surface area contributed by atoms with Crippen molar-refractivity contribution in [1.82, 2.24) is 0 Å². The van der Waals surface area contributed by atoms with Crippen molar-refractivity contribution in [3.63, 3.8) is 0 Å². The molecule has 0 saturated heterocycles. The van der Waals surface area contributed by atoms with Gasteiger partial charge in [0.25, 0.3) is 5.91 Å². The van der Waals surface area contributed by atoms with Gasteiger partial charge in [0.05, 0.1) is 10.4 Å². The monoisotopic (exact) mass is 264 g/mol. The number of amides is 1. The first-order valence-electron chi connectivity index (χ1n) is 5.70. The van der Waals surface area contributed by atoms with Crippen LogP contribution in [0.25, 0.3) is 0 Å². The van der Waals surface area contributed by atoms with Crippen LogP contribution >= 0.6 is 0 Å². The predicted molar refractivity (Wildman–Crippen MR) is 74.3 cm³/mol. The van der Waals surface area contributed by atoms with Gasteiger partial charge >= 0.3 is 0 Å². The number of carbonyl (C=O) groups is 1. The number of rotatable bonds is 1. The predicted octanol–water partition coefficient (Wildman–Crippen LogP) is 1.91. The summed E-state index contributed by atoms with van der Waals surface area (Å²) in [7, 11) is 0.269. The van der Waals surface area contributed by atoms with Crippen LogP contribution < -0.4 is 4.90 Å². The van der Waals surface area contributed by atoms with E-state index >= 15 is 0 Å². The van der Waals surface area contributed by atoms with Crippen molar-refractivity contribution in [3.8, 4) is 0 Å². The van der Waals surface area contributed by atoms with Crippen LogP contribution in [-0.2, 0) is 15.8 Å². The summed E-state index contributed by atoms with van der Waals surface area (Å²) in [5.74, 6) is -0.200. The highest BCUT2D eigenvalue weighted by molar-refractivity contribution is 7.85. The normalized spacial score (nSPS) is 19.2. The first kappa shape index (κ1) is 13.0. The topological polar surface area (TPSA) is 49.7 Å². The van der Waals surface area contributed by atoms with Crippen molar-refractivity contribution < 1.29 is 9.00 Å². The molecule has 4 nitrogen and oxygen atoms in total. The molecule has 1 aliphatic rings. The Morgan fingerprint density at radius 1 is 1.22 bits per heavy atom. The SMILES string of the molecule is CN1C(=O)/C(=N\S(=O)C(C)(C)C)c2ccccc21. The van der Waals surface area contributed by atoms with Gasteiger partial charge in [-0.15, -0.1) is 0 Å². The molecule has 2 rings (SSSR count). The molecule has 0 N–H and O–H groups in total. The summed E-state index contributed by atoms with van der Waals surface area (Å²) in [6.07, 6.45) is 0. The molecule has 1 amide bonds. The van der Waals surface area contributed by atoms with Gasteiger partial charge in [0.2, 0.25) is 0 Å². The van der Waals surface area contributed by atoms with E-state index in [0.717, 1.165) is 11.3 Å². The maximum absolute atomic E-state index is 12.1. The zero-order valence-corrected chi connectivity index (χ0v) is 11.7. The fraction of sp³-hybridized carbons (Fsp3) is 0.385. The van der Waals surface area contributed by atoms with Gasteiger partial charge in [-0.2, -0.15) is 4.40 Å². The molecule has 5 heteroatoms. The van der Waals surface area contributed by atoms with Crippen LogP contribution in [0.15, 0.2) is 28.7 Å². The lowest BCUT2D eigenvalue weighted by molar-refractivity contribution is -0.111. The number of fused-ring (bicyclic) bond motifs is 1. The Labute approximate surface area is 109 Å². The molecule has 0 saturated carbocycles. The van der Waals surface area contributed by atoms with E-state index in [1.807, 2.05) is 45.0 Å². The van der Waals surface area contributed by atoms with Gasteiger partial charge in [-0.25, -0.2) is 4.21 Å². The molecule has 0 aliphatic carbocycles. The third-order valence-electron chi connectivity index (χ3n) is 2.73. The minimum Gasteiger partial charge on any atom is -0.309 e. The van der Waals surface area contributed by atoms with Gasteiger partial charge in [-0.05, 0) is 26.8 Å². The summed E-state index contributed by atoms with van der Waals surface area (Å²) in [5.41, 5.74) is 1.86. The third-order valence-corrected chi connectivity index (χ3v) is 4.12. The molecule has 0 aromatic heterocycles. The second-order valence-corrected chi connectivity index (χ2v) is 7.09. The van der Waals surface area contributed by atoms with Crippen molar-refractivity contribution in [1.29, 1.82) is 0 Å². The zero-order valence-electron chi connectivity index (χ0n) is 10.9. The van der Waals surface area contributed by atoms with Crippen LogP contribution in [-0.4, -0.2) is 27.6 Å². The summed E-state index contributed by atoms with van der Waals surface area (Å²) < 4.78 is 15.7. The third kappa shape index (κ3) is 2.10. The lowest BCUT2D eigenvalue weighted by Gasteiger charge is -2.13. The van der Waals surface area contributed by atoms with Crippen molar-refractivity contribution in [3.05, 3.63) is 29.8 Å². The highest BCUT2D eigenvalue weighted by Crippen LogP contribution is 2.28. The average molecular weight is 264 g/mol. The Bertz CT molecular complexity index is 558. The van der Waals surface area contributed by atoms with Crippen LogP contribution in [0.5, 0.6) is 0 Å². The fourth-order valence-corrected chi connectivity index (χ4v) is 2.27. The number of hydrogen-bond donors (Lipinski definition) is 0. The second kappa shape index (κ2) is 4.31. The van der Waals surface area contributed by atoms with E-state index < -0.39 is 15.7 Å². The number of para-hydroxylation sites is 1. The van der Waals surface area contributed by atoms with Crippen molar-refractivity contribution >= 4 is 28.3 Å². The molecule has 0 fully saturated rings. The fourth-order valence-electron chi connectivity index (χ4n) is 1.66. The van der Waals surface area contributed by atoms with Crippen molar-refractivity contribution in [2.24, 2.45) is 4.40 Å². The van der Waals surface area contributed by atoms with Gasteiger partial charge in [0, 0.05) is 12.6 Å². The van der Waals surface area contributed by atoms with Crippen LogP contribution in [0.1, 0.15) is 26.3 Å². The average Bonchev–Trinajstić information content (AvgIpc) is 2.54. The molecule has 96 valence electrons. The smallest absolute Gasteiger partial charge is 0.278 e. The maximum Gasteiger partial charge on any atom is 0.278 e. The Morgan fingerprint density at radius 2 is 1.83 bits per heavy atom. The molecule has 1 unspecified atom stereocenters. The van der Waals surface area contributed by atoms with E-state index in [-0.39, 0.29) is 5.91 Å². The molecular formula is C13H16N2O2S. The van der Waals surface area contributed by atoms with Crippen molar-refractivity contribution in [2.45, 2.75) is 25.5 Å². The van der Waals surface area contributed by atoms with Gasteiger partial charge < -0.3 is 4.90 Å². The molecule has 18 heavy (non-hydrogen) atoms.